The van der Waals surface area contributed by atoms with Gasteiger partial charge >= 0.3 is 0 Å². The summed E-state index contributed by atoms with van der Waals surface area (Å²) in [5.41, 5.74) is 1.55. The summed E-state index contributed by atoms with van der Waals surface area (Å²) in [6.45, 7) is 0. The average molecular weight is 275 g/mol. The summed E-state index contributed by atoms with van der Waals surface area (Å²) in [5, 5.41) is 3.00. The zero-order chi connectivity index (χ0) is 14.1. The van der Waals surface area contributed by atoms with Crippen LogP contribution in [0.2, 0.25) is 0 Å². The van der Waals surface area contributed by atoms with E-state index >= 15 is 0 Å². The summed E-state index contributed by atoms with van der Waals surface area (Å²) in [7, 11) is 1.80. The first-order valence-corrected chi connectivity index (χ1v) is 6.64. The van der Waals surface area contributed by atoms with Gasteiger partial charge in [0, 0.05) is 37.2 Å². The predicted molar refractivity (Wildman–Crippen MR) is 72.7 cm³/mol. The van der Waals surface area contributed by atoms with E-state index in [1.165, 1.54) is 12.1 Å². The zero-order valence-electron chi connectivity index (χ0n) is 11.2. The Morgan fingerprint density at radius 2 is 1.80 bits per heavy atom. The number of hydrogen-bond acceptors (Lipinski definition) is 3. The molecule has 20 heavy (non-hydrogen) atoms. The normalized spacial score (nSPS) is 14.3. The van der Waals surface area contributed by atoms with Crippen molar-refractivity contribution in [2.75, 3.05) is 12.4 Å². The molecule has 1 aliphatic rings. The Bertz CT molecular complexity index is 619. The van der Waals surface area contributed by atoms with Gasteiger partial charge in [-0.2, -0.15) is 0 Å². The van der Waals surface area contributed by atoms with Crippen LogP contribution in [-0.2, 0) is 6.42 Å². The number of rotatable bonds is 4. The lowest BCUT2D eigenvalue weighted by Crippen LogP contribution is -2.04. The predicted octanol–water partition coefficient (Wildman–Crippen LogP) is 3.26. The maximum Gasteiger partial charge on any atom is 0.135 e. The third-order valence-corrected chi connectivity index (χ3v) is 3.33. The number of aromatic nitrogens is 2. The second-order valence-electron chi connectivity index (χ2n) is 5.07. The van der Waals surface area contributed by atoms with Gasteiger partial charge in [-0.3, -0.25) is 0 Å². The Hall–Kier alpha value is -2.04. The third kappa shape index (κ3) is 2.92. The molecule has 0 aliphatic heterocycles. The average Bonchev–Trinajstić information content (AvgIpc) is 3.21. The van der Waals surface area contributed by atoms with E-state index in [-0.39, 0.29) is 0 Å². The van der Waals surface area contributed by atoms with Crippen molar-refractivity contribution in [3.05, 3.63) is 53.0 Å². The molecule has 0 atom stereocenters. The van der Waals surface area contributed by atoms with Gasteiger partial charge in [0.15, 0.2) is 0 Å². The number of anilines is 1. The molecule has 1 saturated carbocycles. The summed E-state index contributed by atoms with van der Waals surface area (Å²) in [4.78, 5) is 8.85. The first-order chi connectivity index (χ1) is 9.64. The van der Waals surface area contributed by atoms with Crippen LogP contribution >= 0.6 is 0 Å². The molecule has 0 unspecified atom stereocenters. The highest BCUT2D eigenvalue weighted by atomic mass is 19.1. The molecule has 3 nitrogen and oxygen atoms in total. The molecule has 1 heterocycles. The van der Waals surface area contributed by atoms with Crippen LogP contribution < -0.4 is 5.32 Å². The molecule has 1 fully saturated rings. The van der Waals surface area contributed by atoms with Crippen LogP contribution in [0.25, 0.3) is 0 Å². The molecule has 1 aromatic carbocycles. The maximum absolute atomic E-state index is 13.2. The molecule has 0 bridgehead atoms. The lowest BCUT2D eigenvalue weighted by molar-refractivity contribution is 0.580. The monoisotopic (exact) mass is 275 g/mol. The lowest BCUT2D eigenvalue weighted by atomic mass is 10.1. The van der Waals surface area contributed by atoms with Gasteiger partial charge in [0.1, 0.15) is 23.3 Å². The molecule has 1 aliphatic carbocycles. The second-order valence-corrected chi connectivity index (χ2v) is 5.07. The Balaban J connectivity index is 1.90. The molecular weight excluding hydrogens is 260 g/mol. The van der Waals surface area contributed by atoms with Crippen LogP contribution in [0.4, 0.5) is 14.6 Å². The molecule has 0 radical (unpaired) electrons. The van der Waals surface area contributed by atoms with Crippen LogP contribution in [0.3, 0.4) is 0 Å². The molecular formula is C15H15F2N3. The maximum atomic E-state index is 13.2. The summed E-state index contributed by atoms with van der Waals surface area (Å²) in [5.74, 6) is 0.685. The molecule has 1 aromatic heterocycles. The van der Waals surface area contributed by atoms with E-state index < -0.39 is 11.6 Å². The Morgan fingerprint density at radius 1 is 1.10 bits per heavy atom. The number of nitrogens with one attached hydrogen (secondary N) is 1. The third-order valence-electron chi connectivity index (χ3n) is 3.33. The first kappa shape index (κ1) is 13.0. The van der Waals surface area contributed by atoms with Gasteiger partial charge in [0.2, 0.25) is 0 Å². The van der Waals surface area contributed by atoms with Crippen molar-refractivity contribution in [1.29, 1.82) is 0 Å². The summed E-state index contributed by atoms with van der Waals surface area (Å²) in [6, 6.07) is 5.43. The first-order valence-electron chi connectivity index (χ1n) is 6.64. The lowest BCUT2D eigenvalue weighted by Gasteiger charge is -2.07. The zero-order valence-corrected chi connectivity index (χ0v) is 11.2. The number of nitrogens with zero attached hydrogens (tertiary/aromatic N) is 2. The molecule has 1 N–H and O–H groups in total. The van der Waals surface area contributed by atoms with Gasteiger partial charge in [-0.15, -0.1) is 0 Å². The fraction of sp³-hybridized carbons (Fsp3) is 0.333. The largest absolute Gasteiger partial charge is 0.373 e. The van der Waals surface area contributed by atoms with Gasteiger partial charge < -0.3 is 5.32 Å². The van der Waals surface area contributed by atoms with Crippen LogP contribution in [0.1, 0.15) is 35.8 Å². The molecule has 0 spiro atoms. The topological polar surface area (TPSA) is 37.8 Å². The van der Waals surface area contributed by atoms with E-state index in [4.69, 9.17) is 0 Å². The van der Waals surface area contributed by atoms with Crippen LogP contribution in [-0.4, -0.2) is 17.0 Å². The van der Waals surface area contributed by atoms with Crippen LogP contribution in [0.15, 0.2) is 24.3 Å². The number of benzene rings is 1. The molecule has 0 amide bonds. The van der Waals surface area contributed by atoms with E-state index in [2.05, 4.69) is 15.3 Å². The van der Waals surface area contributed by atoms with Crippen molar-refractivity contribution in [1.82, 2.24) is 9.97 Å². The van der Waals surface area contributed by atoms with Crippen molar-refractivity contribution in [2.45, 2.75) is 25.2 Å². The minimum Gasteiger partial charge on any atom is -0.373 e. The fourth-order valence-corrected chi connectivity index (χ4v) is 2.21. The Kier molecular flexibility index (Phi) is 3.34. The van der Waals surface area contributed by atoms with E-state index in [0.29, 0.717) is 23.7 Å². The van der Waals surface area contributed by atoms with Crippen LogP contribution in [0, 0.1) is 11.6 Å². The van der Waals surface area contributed by atoms with Gasteiger partial charge in [-0.05, 0) is 30.5 Å². The van der Waals surface area contributed by atoms with Crippen molar-refractivity contribution >= 4 is 5.82 Å². The molecule has 0 saturated heterocycles. The van der Waals surface area contributed by atoms with E-state index in [0.717, 1.165) is 30.4 Å². The van der Waals surface area contributed by atoms with E-state index in [9.17, 15) is 8.78 Å². The van der Waals surface area contributed by atoms with Crippen molar-refractivity contribution in [2.24, 2.45) is 0 Å². The quantitative estimate of drug-likeness (QED) is 0.930. The highest BCUT2D eigenvalue weighted by molar-refractivity contribution is 5.38. The summed E-state index contributed by atoms with van der Waals surface area (Å²) in [6.07, 6.45) is 2.62. The molecule has 5 heteroatoms. The standard InChI is InChI=1S/C15H15F2N3/c1-18-14-8-13(10-2-3-10)19-15(20-14)6-9-4-11(16)7-12(17)5-9/h4-5,7-8,10H,2-3,6H2,1H3,(H,18,19,20). The minimum absolute atomic E-state index is 0.323. The SMILES string of the molecule is CNc1cc(C2CC2)nc(Cc2cc(F)cc(F)c2)n1. The molecule has 2 aromatic rings. The van der Waals surface area contributed by atoms with Gasteiger partial charge in [-0.1, -0.05) is 0 Å². The summed E-state index contributed by atoms with van der Waals surface area (Å²) >= 11 is 0. The van der Waals surface area contributed by atoms with E-state index in [1.807, 2.05) is 6.07 Å². The minimum atomic E-state index is -0.577. The second kappa shape index (κ2) is 5.15. The Labute approximate surface area is 116 Å². The number of hydrogen-bond donors (Lipinski definition) is 1. The number of halogens is 2. The van der Waals surface area contributed by atoms with Gasteiger partial charge in [0.25, 0.3) is 0 Å². The molecule has 104 valence electrons. The fourth-order valence-electron chi connectivity index (χ4n) is 2.21. The smallest absolute Gasteiger partial charge is 0.135 e. The highest BCUT2D eigenvalue weighted by Crippen LogP contribution is 2.39. The van der Waals surface area contributed by atoms with E-state index in [1.54, 1.807) is 7.05 Å². The molecule has 3 rings (SSSR count). The van der Waals surface area contributed by atoms with Crippen molar-refractivity contribution in [3.63, 3.8) is 0 Å². The van der Waals surface area contributed by atoms with Gasteiger partial charge in [0.05, 0.1) is 0 Å². The highest BCUT2D eigenvalue weighted by Gasteiger charge is 2.26. The summed E-state index contributed by atoms with van der Waals surface area (Å²) < 4.78 is 26.4. The Morgan fingerprint density at radius 3 is 2.40 bits per heavy atom. The van der Waals surface area contributed by atoms with Crippen molar-refractivity contribution < 1.29 is 8.78 Å². The van der Waals surface area contributed by atoms with Crippen LogP contribution in [0.5, 0.6) is 0 Å². The van der Waals surface area contributed by atoms with Crippen molar-refractivity contribution in [3.8, 4) is 0 Å². The van der Waals surface area contributed by atoms with Gasteiger partial charge in [-0.25, -0.2) is 18.7 Å².